The van der Waals surface area contributed by atoms with Gasteiger partial charge in [-0.3, -0.25) is 9.69 Å². The number of alkyl halides is 3. The molecule has 1 aromatic heterocycles. The Labute approximate surface area is 156 Å². The van der Waals surface area contributed by atoms with Crippen molar-refractivity contribution >= 4 is 5.91 Å². The molecule has 1 fully saturated rings. The Bertz CT molecular complexity index is 779. The molecule has 0 bridgehead atoms. The van der Waals surface area contributed by atoms with Crippen LogP contribution in [0.25, 0.3) is 0 Å². The highest BCUT2D eigenvalue weighted by Crippen LogP contribution is 2.29. The van der Waals surface area contributed by atoms with Crippen LogP contribution >= 0.6 is 0 Å². The monoisotopic (exact) mass is 380 g/mol. The molecule has 1 saturated heterocycles. The van der Waals surface area contributed by atoms with Crippen LogP contribution in [-0.2, 0) is 31.0 Å². The van der Waals surface area contributed by atoms with Crippen molar-refractivity contribution in [2.24, 2.45) is 7.05 Å². The molecule has 0 saturated carbocycles. The molecule has 1 aliphatic heterocycles. The molecule has 1 aromatic carbocycles. The smallest absolute Gasteiger partial charge is 0.340 e. The molecule has 0 N–H and O–H groups in total. The Kier molecular flexibility index (Phi) is 5.84. The number of benzene rings is 1. The minimum absolute atomic E-state index is 0.106. The van der Waals surface area contributed by atoms with Gasteiger partial charge in [0.05, 0.1) is 11.9 Å². The summed E-state index contributed by atoms with van der Waals surface area (Å²) in [5, 5.41) is 0. The van der Waals surface area contributed by atoms with Gasteiger partial charge in [0.1, 0.15) is 0 Å². The number of hydrogen-bond acceptors (Lipinski definition) is 3. The molecule has 0 aliphatic carbocycles. The molecule has 146 valence electrons. The molecule has 2 aromatic rings. The summed E-state index contributed by atoms with van der Waals surface area (Å²) in [6, 6.07) is 5.44. The third-order valence-corrected chi connectivity index (χ3v) is 4.90. The second-order valence-corrected chi connectivity index (χ2v) is 6.85. The van der Waals surface area contributed by atoms with E-state index >= 15 is 0 Å². The van der Waals surface area contributed by atoms with Crippen molar-refractivity contribution in [2.75, 3.05) is 26.2 Å². The number of amides is 1. The van der Waals surface area contributed by atoms with E-state index in [4.69, 9.17) is 0 Å². The lowest BCUT2D eigenvalue weighted by Gasteiger charge is -2.35. The van der Waals surface area contributed by atoms with Crippen LogP contribution in [0.3, 0.4) is 0 Å². The van der Waals surface area contributed by atoms with E-state index in [-0.39, 0.29) is 5.91 Å². The van der Waals surface area contributed by atoms with E-state index in [1.807, 2.05) is 16.5 Å². The van der Waals surface area contributed by atoms with Crippen LogP contribution in [0.1, 0.15) is 23.2 Å². The first kappa shape index (κ1) is 19.4. The molecule has 0 unspecified atom stereocenters. The lowest BCUT2D eigenvalue weighted by Crippen LogP contribution is -2.48. The predicted octanol–water partition coefficient (Wildman–Crippen LogP) is 2.72. The molecule has 0 atom stereocenters. The van der Waals surface area contributed by atoms with Crippen molar-refractivity contribution in [3.8, 4) is 0 Å². The van der Waals surface area contributed by atoms with E-state index in [2.05, 4.69) is 9.88 Å². The van der Waals surface area contributed by atoms with E-state index in [1.165, 1.54) is 12.1 Å². The van der Waals surface area contributed by atoms with Crippen molar-refractivity contribution in [3.05, 3.63) is 53.6 Å². The highest BCUT2D eigenvalue weighted by molar-refractivity contribution is 5.76. The van der Waals surface area contributed by atoms with Crippen molar-refractivity contribution in [3.63, 3.8) is 0 Å². The van der Waals surface area contributed by atoms with Crippen LogP contribution in [-0.4, -0.2) is 51.4 Å². The van der Waals surface area contributed by atoms with E-state index in [1.54, 1.807) is 18.6 Å². The Balaban J connectivity index is 1.47. The largest absolute Gasteiger partial charge is 0.416 e. The summed E-state index contributed by atoms with van der Waals surface area (Å²) in [5.41, 5.74) is 1.04. The summed E-state index contributed by atoms with van der Waals surface area (Å²) >= 11 is 0. The van der Waals surface area contributed by atoms with Crippen molar-refractivity contribution in [1.82, 2.24) is 19.4 Å². The van der Waals surface area contributed by atoms with Gasteiger partial charge >= 0.3 is 6.18 Å². The number of imidazole rings is 1. The zero-order valence-electron chi connectivity index (χ0n) is 15.2. The Morgan fingerprint density at radius 2 is 1.93 bits per heavy atom. The SMILES string of the molecule is Cn1cncc1CCC(=O)N1CCN(Cc2cccc(C(F)(F)F)c2)CC1. The fourth-order valence-corrected chi connectivity index (χ4v) is 3.28. The standard InChI is InChI=1S/C19H23F3N4O/c1-24-14-23-12-17(24)5-6-18(27)26-9-7-25(8-10-26)13-15-3-2-4-16(11-15)19(20,21)22/h2-4,11-12,14H,5-10,13H2,1H3. The number of rotatable bonds is 5. The highest BCUT2D eigenvalue weighted by atomic mass is 19.4. The molecule has 0 spiro atoms. The van der Waals surface area contributed by atoms with Crippen LogP contribution in [0.15, 0.2) is 36.8 Å². The zero-order chi connectivity index (χ0) is 19.4. The summed E-state index contributed by atoms with van der Waals surface area (Å²) < 4.78 is 40.4. The van der Waals surface area contributed by atoms with Gasteiger partial charge in [-0.05, 0) is 18.1 Å². The Morgan fingerprint density at radius 1 is 1.19 bits per heavy atom. The second-order valence-electron chi connectivity index (χ2n) is 6.85. The first-order chi connectivity index (χ1) is 12.8. The van der Waals surface area contributed by atoms with Gasteiger partial charge in [-0.2, -0.15) is 13.2 Å². The maximum Gasteiger partial charge on any atom is 0.416 e. The summed E-state index contributed by atoms with van der Waals surface area (Å²) in [6.07, 6.45) is 0.245. The number of nitrogens with zero attached hydrogens (tertiary/aromatic N) is 4. The average molecular weight is 380 g/mol. The first-order valence-corrected chi connectivity index (χ1v) is 8.94. The summed E-state index contributed by atoms with van der Waals surface area (Å²) in [4.78, 5) is 20.3. The summed E-state index contributed by atoms with van der Waals surface area (Å²) in [7, 11) is 1.90. The number of piperazine rings is 1. The molecular formula is C19H23F3N4O. The molecular weight excluding hydrogens is 357 g/mol. The van der Waals surface area contributed by atoms with Gasteiger partial charge in [-0.25, -0.2) is 4.98 Å². The average Bonchev–Trinajstić information content (AvgIpc) is 3.05. The summed E-state index contributed by atoms with van der Waals surface area (Å²) in [6.45, 7) is 2.98. The second kappa shape index (κ2) is 8.12. The van der Waals surface area contributed by atoms with Crippen LogP contribution in [0, 0.1) is 0 Å². The lowest BCUT2D eigenvalue weighted by atomic mass is 10.1. The van der Waals surface area contributed by atoms with E-state index < -0.39 is 11.7 Å². The van der Waals surface area contributed by atoms with Gasteiger partial charge in [0.25, 0.3) is 0 Å². The predicted molar refractivity (Wildman–Crippen MR) is 94.8 cm³/mol. The van der Waals surface area contributed by atoms with Crippen LogP contribution < -0.4 is 0 Å². The van der Waals surface area contributed by atoms with Crippen LogP contribution in [0.4, 0.5) is 13.2 Å². The molecule has 27 heavy (non-hydrogen) atoms. The fourth-order valence-electron chi connectivity index (χ4n) is 3.28. The molecule has 8 heteroatoms. The minimum atomic E-state index is -4.32. The first-order valence-electron chi connectivity index (χ1n) is 8.94. The molecule has 1 aliphatic rings. The molecule has 3 rings (SSSR count). The third kappa shape index (κ3) is 5.09. The number of halogens is 3. The number of aromatic nitrogens is 2. The molecule has 2 heterocycles. The normalized spacial score (nSPS) is 15.9. The van der Waals surface area contributed by atoms with Gasteiger partial charge in [-0.1, -0.05) is 18.2 Å². The zero-order valence-corrected chi connectivity index (χ0v) is 15.2. The van der Waals surface area contributed by atoms with E-state index in [9.17, 15) is 18.0 Å². The molecule has 1 amide bonds. The highest BCUT2D eigenvalue weighted by Gasteiger charge is 2.30. The molecule has 0 radical (unpaired) electrons. The lowest BCUT2D eigenvalue weighted by molar-refractivity contribution is -0.137. The topological polar surface area (TPSA) is 41.4 Å². The van der Waals surface area contributed by atoms with Crippen molar-refractivity contribution in [2.45, 2.75) is 25.6 Å². The van der Waals surface area contributed by atoms with Crippen molar-refractivity contribution in [1.29, 1.82) is 0 Å². The Morgan fingerprint density at radius 3 is 2.56 bits per heavy atom. The summed E-state index contributed by atoms with van der Waals surface area (Å²) in [5.74, 6) is 0.106. The molecule has 5 nitrogen and oxygen atoms in total. The quantitative estimate of drug-likeness (QED) is 0.801. The van der Waals surface area contributed by atoms with Gasteiger partial charge < -0.3 is 9.47 Å². The Hall–Kier alpha value is -2.35. The van der Waals surface area contributed by atoms with Crippen LogP contribution in [0.2, 0.25) is 0 Å². The number of hydrogen-bond donors (Lipinski definition) is 0. The van der Waals surface area contributed by atoms with Gasteiger partial charge in [0.15, 0.2) is 0 Å². The van der Waals surface area contributed by atoms with Crippen LogP contribution in [0.5, 0.6) is 0 Å². The van der Waals surface area contributed by atoms with E-state index in [0.29, 0.717) is 51.1 Å². The third-order valence-electron chi connectivity index (χ3n) is 4.90. The van der Waals surface area contributed by atoms with Gasteiger partial charge in [-0.15, -0.1) is 0 Å². The van der Waals surface area contributed by atoms with Crippen molar-refractivity contribution < 1.29 is 18.0 Å². The van der Waals surface area contributed by atoms with Gasteiger partial charge in [0, 0.05) is 58.1 Å². The number of carbonyl (C=O) groups excluding carboxylic acids is 1. The maximum absolute atomic E-state index is 12.8. The fraction of sp³-hybridized carbons (Fsp3) is 0.474. The number of carbonyl (C=O) groups is 1. The number of aryl methyl sites for hydroxylation is 2. The van der Waals surface area contributed by atoms with E-state index in [0.717, 1.165) is 11.8 Å². The van der Waals surface area contributed by atoms with Gasteiger partial charge in [0.2, 0.25) is 5.91 Å². The maximum atomic E-state index is 12.8. The minimum Gasteiger partial charge on any atom is -0.340 e.